The lowest BCUT2D eigenvalue weighted by molar-refractivity contribution is -0.0427. The van der Waals surface area contributed by atoms with Crippen LogP contribution < -0.4 is 0 Å². The maximum atomic E-state index is 8.86. The minimum Gasteiger partial charge on any atom is -0.508 e. The first-order valence-electron chi connectivity index (χ1n) is 2.98. The van der Waals surface area contributed by atoms with E-state index in [1.807, 2.05) is 0 Å². The Morgan fingerprint density at radius 1 is 0.909 bits per heavy atom. The molecule has 0 radical (unpaired) electrons. The summed E-state index contributed by atoms with van der Waals surface area (Å²) in [4.78, 5) is 0. The number of aliphatic hydroxyl groups excluding tert-OH is 1. The lowest BCUT2D eigenvalue weighted by Gasteiger charge is -2.04. The molecule has 0 saturated carbocycles. The number of hydrogen-bond donors (Lipinski definition) is 4. The van der Waals surface area contributed by atoms with Crippen LogP contribution >= 0.6 is 0 Å². The van der Waals surface area contributed by atoms with Gasteiger partial charge >= 0.3 is 0 Å². The molecule has 60 valence electrons. The van der Waals surface area contributed by atoms with E-state index in [-0.39, 0.29) is 17.1 Å². The molecule has 1 rings (SSSR count). The first-order chi connectivity index (χ1) is 5.09. The third-order valence-electron chi connectivity index (χ3n) is 1.22. The summed E-state index contributed by atoms with van der Waals surface area (Å²) in [6, 6.07) is 3.42. The molecule has 0 heterocycles. The molecule has 4 nitrogen and oxygen atoms in total. The molecule has 0 amide bonds. The van der Waals surface area contributed by atoms with E-state index in [9.17, 15) is 0 Å². The summed E-state index contributed by atoms with van der Waals surface area (Å²) >= 11 is 0. The zero-order chi connectivity index (χ0) is 8.43. The number of benzene rings is 1. The largest absolute Gasteiger partial charge is 0.508 e. The fraction of sp³-hybridized carbons (Fsp3) is 0.143. The molecule has 0 spiro atoms. The van der Waals surface area contributed by atoms with Crippen LogP contribution in [0.25, 0.3) is 0 Å². The molecule has 0 aromatic heterocycles. The van der Waals surface area contributed by atoms with Crippen molar-refractivity contribution in [2.75, 3.05) is 0 Å². The summed E-state index contributed by atoms with van der Waals surface area (Å²) in [6.07, 6.45) is -1.67. The van der Waals surface area contributed by atoms with E-state index in [0.29, 0.717) is 0 Å². The zero-order valence-corrected chi connectivity index (χ0v) is 5.60. The fourth-order valence-corrected chi connectivity index (χ4v) is 0.767. The van der Waals surface area contributed by atoms with Gasteiger partial charge in [0, 0.05) is 11.6 Å². The molecule has 11 heavy (non-hydrogen) atoms. The Hall–Kier alpha value is -1.26. The van der Waals surface area contributed by atoms with Crippen LogP contribution in [0.3, 0.4) is 0 Å². The second-order valence-corrected chi connectivity index (χ2v) is 2.16. The van der Waals surface area contributed by atoms with Crippen LogP contribution in [-0.2, 0) is 0 Å². The highest BCUT2D eigenvalue weighted by atomic mass is 16.5. The van der Waals surface area contributed by atoms with E-state index >= 15 is 0 Å². The van der Waals surface area contributed by atoms with Gasteiger partial charge in [-0.2, -0.15) is 0 Å². The topological polar surface area (TPSA) is 80.9 Å². The van der Waals surface area contributed by atoms with Crippen molar-refractivity contribution in [3.63, 3.8) is 0 Å². The number of aromatic hydroxyl groups is 2. The van der Waals surface area contributed by atoms with Crippen molar-refractivity contribution in [2.24, 2.45) is 0 Å². The molecule has 0 aliphatic heterocycles. The molecular weight excluding hydrogens is 148 g/mol. The molecule has 0 fully saturated rings. The quantitative estimate of drug-likeness (QED) is 0.434. The minimum atomic E-state index is -1.67. The highest BCUT2D eigenvalue weighted by Crippen LogP contribution is 2.23. The van der Waals surface area contributed by atoms with Crippen molar-refractivity contribution < 1.29 is 20.4 Å². The van der Waals surface area contributed by atoms with Gasteiger partial charge < -0.3 is 20.4 Å². The van der Waals surface area contributed by atoms with Crippen molar-refractivity contribution in [1.29, 1.82) is 0 Å². The Balaban J connectivity index is 3.08. The van der Waals surface area contributed by atoms with Gasteiger partial charge in [-0.15, -0.1) is 0 Å². The molecular formula is C7H8O4. The van der Waals surface area contributed by atoms with E-state index in [2.05, 4.69) is 0 Å². The van der Waals surface area contributed by atoms with Crippen molar-refractivity contribution in [2.45, 2.75) is 6.29 Å². The molecule has 1 aromatic rings. The Morgan fingerprint density at radius 3 is 1.73 bits per heavy atom. The minimum absolute atomic E-state index is 0.0579. The normalized spacial score (nSPS) is 10.5. The van der Waals surface area contributed by atoms with Gasteiger partial charge in [-0.1, -0.05) is 0 Å². The van der Waals surface area contributed by atoms with Gasteiger partial charge in [0.1, 0.15) is 11.5 Å². The highest BCUT2D eigenvalue weighted by Gasteiger charge is 2.04. The molecule has 1 aromatic carbocycles. The van der Waals surface area contributed by atoms with Crippen molar-refractivity contribution in [3.8, 4) is 11.5 Å². The predicted molar refractivity (Wildman–Crippen MR) is 37.0 cm³/mol. The van der Waals surface area contributed by atoms with E-state index in [1.54, 1.807) is 0 Å². The van der Waals surface area contributed by atoms with Crippen molar-refractivity contribution in [3.05, 3.63) is 23.8 Å². The lowest BCUT2D eigenvalue weighted by atomic mass is 10.2. The van der Waals surface area contributed by atoms with Gasteiger partial charge in [-0.25, -0.2) is 0 Å². The number of hydrogen-bond acceptors (Lipinski definition) is 4. The van der Waals surface area contributed by atoms with Crippen LogP contribution in [-0.4, -0.2) is 20.4 Å². The monoisotopic (exact) mass is 156 g/mol. The number of phenols is 2. The molecule has 4 N–H and O–H groups in total. The summed E-state index contributed by atoms with van der Waals surface area (Å²) < 4.78 is 0. The third-order valence-corrected chi connectivity index (χ3v) is 1.22. The SMILES string of the molecule is Oc1cc(O)cc(C(O)O)c1. The summed E-state index contributed by atoms with van der Waals surface area (Å²) in [7, 11) is 0. The van der Waals surface area contributed by atoms with Gasteiger partial charge in [0.15, 0.2) is 6.29 Å². The van der Waals surface area contributed by atoms with Gasteiger partial charge in [0.25, 0.3) is 0 Å². The molecule has 0 bridgehead atoms. The second-order valence-electron chi connectivity index (χ2n) is 2.16. The molecule has 0 atom stereocenters. The van der Waals surface area contributed by atoms with Gasteiger partial charge in [-0.3, -0.25) is 0 Å². The smallest absolute Gasteiger partial charge is 0.178 e. The van der Waals surface area contributed by atoms with Crippen LogP contribution in [0.15, 0.2) is 18.2 Å². The molecule has 0 aliphatic carbocycles. The zero-order valence-electron chi connectivity index (χ0n) is 5.60. The maximum Gasteiger partial charge on any atom is 0.178 e. The van der Waals surface area contributed by atoms with Crippen LogP contribution in [0.2, 0.25) is 0 Å². The number of rotatable bonds is 1. The van der Waals surface area contributed by atoms with Crippen LogP contribution in [0.4, 0.5) is 0 Å². The lowest BCUT2D eigenvalue weighted by Crippen LogP contribution is -1.93. The van der Waals surface area contributed by atoms with E-state index in [4.69, 9.17) is 20.4 Å². The molecule has 0 unspecified atom stereocenters. The number of phenolic OH excluding ortho intramolecular Hbond substituents is 2. The van der Waals surface area contributed by atoms with Crippen LogP contribution in [0, 0.1) is 0 Å². The number of aliphatic hydroxyl groups is 2. The summed E-state index contributed by atoms with van der Waals surface area (Å²) in [5.74, 6) is -0.402. The summed E-state index contributed by atoms with van der Waals surface area (Å²) in [6.45, 7) is 0. The fourth-order valence-electron chi connectivity index (χ4n) is 0.767. The summed E-state index contributed by atoms with van der Waals surface area (Å²) in [5.41, 5.74) is 0.0579. The van der Waals surface area contributed by atoms with Crippen LogP contribution in [0.5, 0.6) is 11.5 Å². The van der Waals surface area contributed by atoms with E-state index < -0.39 is 6.29 Å². The summed E-state index contributed by atoms with van der Waals surface area (Å²) in [5, 5.41) is 34.9. The third kappa shape index (κ3) is 1.83. The average Bonchev–Trinajstić information content (AvgIpc) is 1.85. The van der Waals surface area contributed by atoms with Gasteiger partial charge in [0.05, 0.1) is 0 Å². The maximum absolute atomic E-state index is 8.86. The first kappa shape index (κ1) is 7.84. The molecule has 0 saturated heterocycles. The Bertz CT molecular complexity index is 236. The Labute approximate surface area is 63.0 Å². The Kier molecular flexibility index (Phi) is 1.98. The van der Waals surface area contributed by atoms with Crippen molar-refractivity contribution in [1.82, 2.24) is 0 Å². The van der Waals surface area contributed by atoms with E-state index in [1.165, 1.54) is 0 Å². The second kappa shape index (κ2) is 2.77. The Morgan fingerprint density at radius 2 is 1.36 bits per heavy atom. The predicted octanol–water partition coefficient (Wildman–Crippen LogP) is 0.0810. The molecule has 0 aliphatic rings. The van der Waals surface area contributed by atoms with Crippen molar-refractivity contribution >= 4 is 0 Å². The van der Waals surface area contributed by atoms with Gasteiger partial charge in [0.2, 0.25) is 0 Å². The standard InChI is InChI=1S/C7H8O4/c8-5-1-4(7(10)11)2-6(9)3-5/h1-3,7-11H. The molecule has 4 heteroatoms. The first-order valence-corrected chi connectivity index (χ1v) is 2.98. The highest BCUT2D eigenvalue weighted by molar-refractivity contribution is 5.36. The van der Waals surface area contributed by atoms with Crippen LogP contribution in [0.1, 0.15) is 11.9 Å². The average molecular weight is 156 g/mol. The van der Waals surface area contributed by atoms with Gasteiger partial charge in [-0.05, 0) is 12.1 Å². The van der Waals surface area contributed by atoms with E-state index in [0.717, 1.165) is 18.2 Å².